The van der Waals surface area contributed by atoms with Crippen molar-refractivity contribution in [2.24, 2.45) is 5.92 Å². The van der Waals surface area contributed by atoms with E-state index in [0.717, 1.165) is 11.1 Å². The minimum Gasteiger partial charge on any atom is -0.351 e. The molecule has 2 aromatic carbocycles. The van der Waals surface area contributed by atoms with Crippen LogP contribution in [-0.4, -0.2) is 32.3 Å². The smallest absolute Gasteiger partial charge is 0.251 e. The van der Waals surface area contributed by atoms with Crippen molar-refractivity contribution in [3.63, 3.8) is 0 Å². The quantitative estimate of drug-likeness (QED) is 0.317. The summed E-state index contributed by atoms with van der Waals surface area (Å²) in [5.74, 6) is 0.683. The molecule has 0 radical (unpaired) electrons. The van der Waals surface area contributed by atoms with Gasteiger partial charge in [0.1, 0.15) is 0 Å². The SMILES string of the molecule is C=CCn1c(SCC(=O)NCc2ccccc2)nnc1C(NC(=O)c1cccc(C)c1)C(C)C. The van der Waals surface area contributed by atoms with Gasteiger partial charge in [0, 0.05) is 18.7 Å². The summed E-state index contributed by atoms with van der Waals surface area (Å²) in [6, 6.07) is 16.9. The van der Waals surface area contributed by atoms with Crippen LogP contribution in [0.15, 0.2) is 72.4 Å². The molecule has 0 aliphatic carbocycles. The number of aryl methyl sites for hydroxylation is 1. The molecule has 0 spiro atoms. The van der Waals surface area contributed by atoms with E-state index >= 15 is 0 Å². The number of nitrogens with one attached hydrogen (secondary N) is 2. The first-order valence-electron chi connectivity index (χ1n) is 11.2. The van der Waals surface area contributed by atoms with Gasteiger partial charge in [-0.15, -0.1) is 16.8 Å². The third-order valence-corrected chi connectivity index (χ3v) is 6.20. The monoisotopic (exact) mass is 477 g/mol. The lowest BCUT2D eigenvalue weighted by Crippen LogP contribution is -2.34. The van der Waals surface area contributed by atoms with Crippen molar-refractivity contribution in [2.45, 2.75) is 45.1 Å². The van der Waals surface area contributed by atoms with Gasteiger partial charge in [-0.05, 0) is 30.5 Å². The van der Waals surface area contributed by atoms with Crippen LogP contribution in [0.4, 0.5) is 0 Å². The first-order chi connectivity index (χ1) is 16.4. The van der Waals surface area contributed by atoms with Crippen LogP contribution >= 0.6 is 11.8 Å². The van der Waals surface area contributed by atoms with E-state index in [9.17, 15) is 9.59 Å². The molecule has 1 atom stereocenters. The van der Waals surface area contributed by atoms with Crippen molar-refractivity contribution < 1.29 is 9.59 Å². The minimum absolute atomic E-state index is 0.0774. The van der Waals surface area contributed by atoms with E-state index in [1.165, 1.54) is 11.8 Å². The molecule has 0 aliphatic rings. The lowest BCUT2D eigenvalue weighted by molar-refractivity contribution is -0.118. The van der Waals surface area contributed by atoms with E-state index in [1.54, 1.807) is 12.1 Å². The van der Waals surface area contributed by atoms with Crippen molar-refractivity contribution in [3.8, 4) is 0 Å². The zero-order chi connectivity index (χ0) is 24.5. The number of allylic oxidation sites excluding steroid dienone is 1. The van der Waals surface area contributed by atoms with Crippen LogP contribution in [0.2, 0.25) is 0 Å². The molecule has 1 heterocycles. The Morgan fingerprint density at radius 1 is 1.12 bits per heavy atom. The summed E-state index contributed by atoms with van der Waals surface area (Å²) in [4.78, 5) is 25.3. The van der Waals surface area contributed by atoms with Crippen LogP contribution < -0.4 is 10.6 Å². The number of hydrogen-bond donors (Lipinski definition) is 2. The number of hydrogen-bond acceptors (Lipinski definition) is 5. The second-order valence-electron chi connectivity index (χ2n) is 8.36. The number of carbonyl (C=O) groups excluding carboxylic acids is 2. The summed E-state index contributed by atoms with van der Waals surface area (Å²) in [5, 5.41) is 15.4. The largest absolute Gasteiger partial charge is 0.351 e. The molecule has 0 fully saturated rings. The highest BCUT2D eigenvalue weighted by atomic mass is 32.2. The fourth-order valence-corrected chi connectivity index (χ4v) is 4.24. The van der Waals surface area contributed by atoms with Gasteiger partial charge in [0.25, 0.3) is 5.91 Å². The molecule has 0 aliphatic heterocycles. The van der Waals surface area contributed by atoms with E-state index in [2.05, 4.69) is 27.4 Å². The number of benzene rings is 2. The fraction of sp³-hybridized carbons (Fsp3) is 0.308. The molecular weight excluding hydrogens is 446 g/mol. The number of rotatable bonds is 11. The van der Waals surface area contributed by atoms with Gasteiger partial charge in [-0.1, -0.05) is 79.7 Å². The molecule has 2 amide bonds. The van der Waals surface area contributed by atoms with Crippen LogP contribution in [-0.2, 0) is 17.9 Å². The average molecular weight is 478 g/mol. The third kappa shape index (κ3) is 6.81. The highest BCUT2D eigenvalue weighted by Gasteiger charge is 2.26. The van der Waals surface area contributed by atoms with Gasteiger partial charge in [-0.25, -0.2) is 0 Å². The molecule has 178 valence electrons. The Balaban J connectivity index is 1.70. The summed E-state index contributed by atoms with van der Waals surface area (Å²) < 4.78 is 1.91. The molecule has 1 aromatic heterocycles. The van der Waals surface area contributed by atoms with Crippen LogP contribution in [0, 0.1) is 12.8 Å². The van der Waals surface area contributed by atoms with Crippen molar-refractivity contribution in [3.05, 3.63) is 89.8 Å². The van der Waals surface area contributed by atoms with Crippen LogP contribution in [0.5, 0.6) is 0 Å². The highest BCUT2D eigenvalue weighted by Crippen LogP contribution is 2.25. The van der Waals surface area contributed by atoms with Gasteiger partial charge in [-0.3, -0.25) is 9.59 Å². The maximum absolute atomic E-state index is 12.9. The lowest BCUT2D eigenvalue weighted by atomic mass is 10.0. The van der Waals surface area contributed by atoms with Gasteiger partial charge in [0.2, 0.25) is 5.91 Å². The molecule has 8 heteroatoms. The number of carbonyl (C=O) groups is 2. The van der Waals surface area contributed by atoms with Gasteiger partial charge < -0.3 is 15.2 Å². The molecule has 0 saturated carbocycles. The summed E-state index contributed by atoms with van der Waals surface area (Å²) in [5.41, 5.74) is 2.67. The predicted molar refractivity (Wildman–Crippen MR) is 135 cm³/mol. The Hall–Kier alpha value is -3.39. The zero-order valence-electron chi connectivity index (χ0n) is 19.8. The van der Waals surface area contributed by atoms with Crippen LogP contribution in [0.25, 0.3) is 0 Å². The molecule has 0 saturated heterocycles. The van der Waals surface area contributed by atoms with Crippen molar-refractivity contribution in [1.29, 1.82) is 0 Å². The normalized spacial score (nSPS) is 11.8. The number of thioether (sulfide) groups is 1. The standard InChI is InChI=1S/C26H31N5O2S/c1-5-14-31-24(23(18(2)3)28-25(33)21-13-9-10-19(4)15-21)29-30-26(31)34-17-22(32)27-16-20-11-7-6-8-12-20/h5-13,15,18,23H,1,14,16-17H2,2-4H3,(H,27,32)(H,28,33). The molecule has 1 unspecified atom stereocenters. The Bertz CT molecular complexity index is 1130. The van der Waals surface area contributed by atoms with Gasteiger partial charge in [0.05, 0.1) is 11.8 Å². The Morgan fingerprint density at radius 2 is 1.88 bits per heavy atom. The Labute approximate surface area is 205 Å². The second-order valence-corrected chi connectivity index (χ2v) is 9.30. The minimum atomic E-state index is -0.346. The summed E-state index contributed by atoms with van der Waals surface area (Å²) >= 11 is 1.31. The van der Waals surface area contributed by atoms with Gasteiger partial charge in [-0.2, -0.15) is 0 Å². The second kappa shape index (κ2) is 12.2. The molecule has 2 N–H and O–H groups in total. The maximum Gasteiger partial charge on any atom is 0.251 e. The topological polar surface area (TPSA) is 88.9 Å². The fourth-order valence-electron chi connectivity index (χ4n) is 3.46. The first-order valence-corrected chi connectivity index (χ1v) is 12.2. The van der Waals surface area contributed by atoms with E-state index in [4.69, 9.17) is 0 Å². The summed E-state index contributed by atoms with van der Waals surface area (Å²) in [6.45, 7) is 10.8. The zero-order valence-corrected chi connectivity index (χ0v) is 20.6. The Kier molecular flexibility index (Phi) is 9.04. The van der Waals surface area contributed by atoms with E-state index in [-0.39, 0.29) is 29.5 Å². The van der Waals surface area contributed by atoms with Gasteiger partial charge in [0.15, 0.2) is 11.0 Å². The molecule has 34 heavy (non-hydrogen) atoms. The predicted octanol–water partition coefficient (Wildman–Crippen LogP) is 4.31. The van der Waals surface area contributed by atoms with Crippen molar-refractivity contribution >= 4 is 23.6 Å². The number of nitrogens with zero attached hydrogens (tertiary/aromatic N) is 3. The first kappa shape index (κ1) is 25.2. The van der Waals surface area contributed by atoms with E-state index < -0.39 is 0 Å². The Morgan fingerprint density at radius 3 is 2.56 bits per heavy atom. The molecule has 3 aromatic rings. The average Bonchev–Trinajstić information content (AvgIpc) is 3.22. The molecule has 0 bridgehead atoms. The highest BCUT2D eigenvalue weighted by molar-refractivity contribution is 7.99. The van der Waals surface area contributed by atoms with Gasteiger partial charge >= 0.3 is 0 Å². The summed E-state index contributed by atoms with van der Waals surface area (Å²) in [7, 11) is 0. The number of aromatic nitrogens is 3. The van der Waals surface area contributed by atoms with E-state index in [0.29, 0.717) is 29.6 Å². The third-order valence-electron chi connectivity index (χ3n) is 5.23. The van der Waals surface area contributed by atoms with Crippen LogP contribution in [0.1, 0.15) is 47.2 Å². The molecule has 3 rings (SSSR count). The summed E-state index contributed by atoms with van der Waals surface area (Å²) in [6.07, 6.45) is 1.76. The van der Waals surface area contributed by atoms with Crippen molar-refractivity contribution in [1.82, 2.24) is 25.4 Å². The van der Waals surface area contributed by atoms with Crippen molar-refractivity contribution in [2.75, 3.05) is 5.75 Å². The van der Waals surface area contributed by atoms with Crippen LogP contribution in [0.3, 0.4) is 0 Å². The molecular formula is C26H31N5O2S. The lowest BCUT2D eigenvalue weighted by Gasteiger charge is -2.22. The van der Waals surface area contributed by atoms with E-state index in [1.807, 2.05) is 73.9 Å². The molecule has 7 nitrogen and oxygen atoms in total. The number of amides is 2. The maximum atomic E-state index is 12.9.